The minimum Gasteiger partial charge on any atom is -0.480 e. The number of nitrogens with two attached hydrogens (primary N) is 3. The van der Waals surface area contributed by atoms with E-state index in [0.717, 1.165) is 0 Å². The van der Waals surface area contributed by atoms with E-state index in [1.165, 1.54) is 6.92 Å². The van der Waals surface area contributed by atoms with E-state index in [0.29, 0.717) is 11.8 Å². The number of amides is 6. The first-order valence-electron chi connectivity index (χ1n) is 10.8. The molecule has 0 aromatic heterocycles. The van der Waals surface area contributed by atoms with Crippen LogP contribution in [0.25, 0.3) is 0 Å². The number of primary amides is 2. The molecule has 0 aromatic rings. The lowest BCUT2D eigenvalue weighted by molar-refractivity contribution is -0.138. The summed E-state index contributed by atoms with van der Waals surface area (Å²) in [6.45, 7) is 0.399. The van der Waals surface area contributed by atoms with Crippen molar-refractivity contribution in [3.63, 3.8) is 0 Å². The van der Waals surface area contributed by atoms with Gasteiger partial charge < -0.3 is 48.7 Å². The van der Waals surface area contributed by atoms with Crippen LogP contribution in [0.1, 0.15) is 26.2 Å². The lowest BCUT2D eigenvalue weighted by atomic mass is 10.1. The van der Waals surface area contributed by atoms with Crippen molar-refractivity contribution in [2.75, 3.05) is 12.4 Å². The van der Waals surface area contributed by atoms with Crippen LogP contribution in [0.3, 0.4) is 0 Å². The lowest BCUT2D eigenvalue weighted by Gasteiger charge is -2.29. The lowest BCUT2D eigenvalue weighted by Crippen LogP contribution is -2.60. The van der Waals surface area contributed by atoms with E-state index < -0.39 is 89.9 Å². The number of carboxylic acid groups (broad SMARTS) is 1. The van der Waals surface area contributed by atoms with Crippen molar-refractivity contribution >= 4 is 53.2 Å². The summed E-state index contributed by atoms with van der Waals surface area (Å²) in [5.74, 6) is -7.17. The van der Waals surface area contributed by atoms with E-state index in [-0.39, 0.29) is 18.6 Å². The summed E-state index contributed by atoms with van der Waals surface area (Å²) in [5.41, 5.74) is 16.2. The SMILES string of the molecule is CC1NC(=O)C(CO)NC(=O)C(N)CSC(C(=O)O)[C@@H](CCC(N)=O)NC(=O)C(CC(N)=O)NC1=O. The molecule has 1 aliphatic rings. The van der Waals surface area contributed by atoms with Crippen molar-refractivity contribution in [3.8, 4) is 0 Å². The van der Waals surface area contributed by atoms with Gasteiger partial charge in [-0.25, -0.2) is 0 Å². The van der Waals surface area contributed by atoms with Gasteiger partial charge in [0.25, 0.3) is 0 Å². The molecule has 1 aliphatic heterocycles. The van der Waals surface area contributed by atoms with Crippen LogP contribution in [0, 0.1) is 0 Å². The quantitative estimate of drug-likeness (QED) is 0.149. The molecule has 0 aliphatic carbocycles. The van der Waals surface area contributed by atoms with Crippen molar-refractivity contribution in [1.29, 1.82) is 0 Å². The highest BCUT2D eigenvalue weighted by molar-refractivity contribution is 8.00. The van der Waals surface area contributed by atoms with Gasteiger partial charge in [0, 0.05) is 12.2 Å². The highest BCUT2D eigenvalue weighted by Gasteiger charge is 2.35. The summed E-state index contributed by atoms with van der Waals surface area (Å²) in [6.07, 6.45) is -1.19. The maximum Gasteiger partial charge on any atom is 0.318 e. The van der Waals surface area contributed by atoms with Crippen molar-refractivity contribution in [3.05, 3.63) is 0 Å². The number of hydrogen-bond acceptors (Lipinski definition) is 10. The number of aliphatic carboxylic acids is 1. The van der Waals surface area contributed by atoms with Crippen LogP contribution in [-0.2, 0) is 33.6 Å². The van der Waals surface area contributed by atoms with Gasteiger partial charge in [-0.1, -0.05) is 0 Å². The Kier molecular flexibility index (Phi) is 12.1. The largest absolute Gasteiger partial charge is 0.480 e. The molecule has 1 saturated heterocycles. The molecule has 16 nitrogen and oxygen atoms in total. The Hall–Kier alpha value is -3.44. The Morgan fingerprint density at radius 1 is 0.917 bits per heavy atom. The molecular formula is C19H31N7O9S. The van der Waals surface area contributed by atoms with Gasteiger partial charge in [-0.05, 0) is 13.3 Å². The molecule has 202 valence electrons. The summed E-state index contributed by atoms with van der Waals surface area (Å²) in [6, 6.07) is -6.89. The smallest absolute Gasteiger partial charge is 0.318 e. The fourth-order valence-corrected chi connectivity index (χ4v) is 4.23. The second kappa shape index (κ2) is 14.2. The molecule has 36 heavy (non-hydrogen) atoms. The molecule has 1 heterocycles. The van der Waals surface area contributed by atoms with Crippen molar-refractivity contribution < 1.29 is 43.8 Å². The van der Waals surface area contributed by atoms with E-state index in [4.69, 9.17) is 17.2 Å². The molecule has 0 spiro atoms. The van der Waals surface area contributed by atoms with E-state index >= 15 is 0 Å². The number of aliphatic hydroxyl groups excluding tert-OH is 1. The standard InChI is InChI=1S/C19H31N7O9S/c1-7-15(30)25-10(4-13(22)29)17(32)24-9(2-3-12(21)28)14(19(34)35)36-6-8(20)16(31)26-11(5-27)18(33)23-7/h7-11,14,27H,2-6,20H2,1H3,(H2,21,28)(H2,22,29)(H,23,33)(H,24,32)(H,25,30)(H,26,31)(H,34,35)/t7?,8?,9-,10?,11?,14?/m1/s1. The first-order chi connectivity index (χ1) is 16.8. The van der Waals surface area contributed by atoms with E-state index in [1.807, 2.05) is 0 Å². The minimum atomic E-state index is -1.55. The number of hydrogen-bond donors (Lipinski definition) is 9. The zero-order valence-electron chi connectivity index (χ0n) is 19.4. The number of carbonyl (C=O) groups is 7. The van der Waals surface area contributed by atoms with Crippen molar-refractivity contribution in [2.45, 2.75) is 61.6 Å². The molecule has 5 unspecified atom stereocenters. The Morgan fingerprint density at radius 2 is 1.50 bits per heavy atom. The summed E-state index contributed by atoms with van der Waals surface area (Å²) in [5, 5.41) is 26.9. The Morgan fingerprint density at radius 3 is 2.03 bits per heavy atom. The summed E-state index contributed by atoms with van der Waals surface area (Å²) in [4.78, 5) is 85.1. The minimum absolute atomic E-state index is 0.219. The second-order valence-electron chi connectivity index (χ2n) is 8.02. The van der Waals surface area contributed by atoms with Crippen LogP contribution in [0.5, 0.6) is 0 Å². The van der Waals surface area contributed by atoms with Crippen molar-refractivity contribution in [2.24, 2.45) is 17.2 Å². The summed E-state index contributed by atoms with van der Waals surface area (Å²) < 4.78 is 0. The van der Waals surface area contributed by atoms with Gasteiger partial charge in [0.15, 0.2) is 0 Å². The summed E-state index contributed by atoms with van der Waals surface area (Å²) >= 11 is 0.671. The molecule has 0 aromatic carbocycles. The van der Waals surface area contributed by atoms with Gasteiger partial charge in [0.2, 0.25) is 35.4 Å². The number of aliphatic hydroxyl groups is 1. The van der Waals surface area contributed by atoms with Gasteiger partial charge in [-0.3, -0.25) is 33.6 Å². The second-order valence-corrected chi connectivity index (χ2v) is 9.20. The molecular weight excluding hydrogens is 502 g/mol. The molecule has 0 saturated carbocycles. The van der Waals surface area contributed by atoms with Gasteiger partial charge in [0.1, 0.15) is 23.4 Å². The molecule has 0 bridgehead atoms. The molecule has 6 amide bonds. The van der Waals surface area contributed by atoms with Crippen LogP contribution in [0.15, 0.2) is 0 Å². The van der Waals surface area contributed by atoms with Crippen LogP contribution < -0.4 is 38.5 Å². The van der Waals surface area contributed by atoms with Gasteiger partial charge in [-0.15, -0.1) is 11.8 Å². The first-order valence-corrected chi connectivity index (χ1v) is 11.8. The maximum absolute atomic E-state index is 12.9. The molecule has 0 radical (unpaired) electrons. The average Bonchev–Trinajstić information content (AvgIpc) is 2.78. The molecule has 12 N–H and O–H groups in total. The Balaban J connectivity index is 3.40. The number of carbonyl (C=O) groups excluding carboxylic acids is 6. The van der Waals surface area contributed by atoms with Crippen molar-refractivity contribution in [1.82, 2.24) is 21.3 Å². The highest BCUT2D eigenvalue weighted by atomic mass is 32.2. The predicted octanol–water partition coefficient (Wildman–Crippen LogP) is -5.39. The number of nitrogens with one attached hydrogen (secondary N) is 4. The van der Waals surface area contributed by atoms with Gasteiger partial charge in [-0.2, -0.15) is 0 Å². The maximum atomic E-state index is 12.9. The molecule has 1 rings (SSSR count). The number of rotatable bonds is 7. The topological polar surface area (TPSA) is 286 Å². The first kappa shape index (κ1) is 30.6. The fourth-order valence-electron chi connectivity index (χ4n) is 3.08. The third-order valence-corrected chi connectivity index (χ3v) is 6.48. The fraction of sp³-hybridized carbons (Fsp3) is 0.632. The Bertz CT molecular complexity index is 887. The third-order valence-electron chi connectivity index (χ3n) is 5.04. The number of thioether (sulfide) groups is 1. The third kappa shape index (κ3) is 9.67. The summed E-state index contributed by atoms with van der Waals surface area (Å²) in [7, 11) is 0. The van der Waals surface area contributed by atoms with Crippen LogP contribution >= 0.6 is 11.8 Å². The zero-order valence-corrected chi connectivity index (χ0v) is 20.2. The Labute approximate surface area is 209 Å². The predicted molar refractivity (Wildman–Crippen MR) is 125 cm³/mol. The van der Waals surface area contributed by atoms with E-state index in [9.17, 15) is 43.8 Å². The van der Waals surface area contributed by atoms with Crippen LogP contribution in [0.4, 0.5) is 0 Å². The van der Waals surface area contributed by atoms with E-state index in [2.05, 4.69) is 21.3 Å². The average molecular weight is 534 g/mol. The zero-order chi connectivity index (χ0) is 27.6. The highest BCUT2D eigenvalue weighted by Crippen LogP contribution is 2.20. The molecule has 17 heteroatoms. The normalized spacial score (nSPS) is 28.8. The van der Waals surface area contributed by atoms with Gasteiger partial charge >= 0.3 is 5.97 Å². The van der Waals surface area contributed by atoms with Crippen LogP contribution in [-0.4, -0.2) is 99.4 Å². The van der Waals surface area contributed by atoms with Gasteiger partial charge in [0.05, 0.1) is 25.1 Å². The number of carboxylic acids is 1. The van der Waals surface area contributed by atoms with Crippen LogP contribution in [0.2, 0.25) is 0 Å². The monoisotopic (exact) mass is 533 g/mol. The molecule has 1 fully saturated rings. The molecule has 6 atom stereocenters. The van der Waals surface area contributed by atoms with E-state index in [1.54, 1.807) is 0 Å².